The van der Waals surface area contributed by atoms with E-state index in [0.717, 1.165) is 19.3 Å². The Morgan fingerprint density at radius 3 is 2.50 bits per heavy atom. The van der Waals surface area contributed by atoms with E-state index in [0.29, 0.717) is 23.8 Å². The van der Waals surface area contributed by atoms with Gasteiger partial charge in [-0.25, -0.2) is 0 Å². The van der Waals surface area contributed by atoms with Gasteiger partial charge in [-0.1, -0.05) is 33.6 Å². The lowest BCUT2D eigenvalue weighted by atomic mass is 9.91. The van der Waals surface area contributed by atoms with Crippen molar-refractivity contribution in [3.05, 3.63) is 0 Å². The zero-order chi connectivity index (χ0) is 12.0. The zero-order valence-electron chi connectivity index (χ0n) is 11.1. The summed E-state index contributed by atoms with van der Waals surface area (Å²) in [6.07, 6.45) is 8.14. The van der Waals surface area contributed by atoms with Crippen LogP contribution in [0.25, 0.3) is 0 Å². The summed E-state index contributed by atoms with van der Waals surface area (Å²) in [5, 5.41) is 3.21. The number of hydrogen-bond acceptors (Lipinski definition) is 1. The molecule has 2 atom stereocenters. The van der Waals surface area contributed by atoms with E-state index in [1.165, 1.54) is 25.7 Å². The van der Waals surface area contributed by atoms with E-state index in [9.17, 15) is 4.79 Å². The van der Waals surface area contributed by atoms with E-state index < -0.39 is 0 Å². The lowest BCUT2D eigenvalue weighted by Gasteiger charge is -2.22. The topological polar surface area (TPSA) is 29.1 Å². The molecule has 0 aromatic heterocycles. The third-order valence-corrected chi connectivity index (χ3v) is 3.99. The van der Waals surface area contributed by atoms with Crippen LogP contribution < -0.4 is 5.32 Å². The van der Waals surface area contributed by atoms with Gasteiger partial charge in [0.25, 0.3) is 0 Å². The van der Waals surface area contributed by atoms with Crippen LogP contribution in [0.1, 0.15) is 65.7 Å². The molecule has 0 saturated heterocycles. The number of hydrogen-bond donors (Lipinski definition) is 1. The van der Waals surface area contributed by atoms with Crippen molar-refractivity contribution in [3.8, 4) is 0 Å². The lowest BCUT2D eigenvalue weighted by molar-refractivity contribution is -0.126. The normalized spacial score (nSPS) is 25.0. The van der Waals surface area contributed by atoms with Crippen molar-refractivity contribution in [1.29, 1.82) is 0 Å². The summed E-state index contributed by atoms with van der Waals surface area (Å²) in [6, 6.07) is 0.385. The van der Waals surface area contributed by atoms with Crippen molar-refractivity contribution in [2.75, 3.05) is 0 Å². The highest BCUT2D eigenvalue weighted by molar-refractivity contribution is 5.79. The third-order valence-electron chi connectivity index (χ3n) is 3.99. The molecule has 0 spiro atoms. The van der Waals surface area contributed by atoms with E-state index in [2.05, 4.69) is 26.1 Å². The maximum Gasteiger partial charge on any atom is 0.223 e. The van der Waals surface area contributed by atoms with Crippen LogP contribution in [-0.4, -0.2) is 11.9 Å². The Kier molecular flexibility index (Phi) is 5.86. The van der Waals surface area contributed by atoms with E-state index in [1.807, 2.05) is 0 Å². The van der Waals surface area contributed by atoms with E-state index >= 15 is 0 Å². The van der Waals surface area contributed by atoms with Gasteiger partial charge in [0, 0.05) is 12.0 Å². The Labute approximate surface area is 100 Å². The Bertz CT molecular complexity index is 211. The minimum atomic E-state index is 0.306. The molecular weight excluding hydrogens is 198 g/mol. The molecule has 1 saturated carbocycles. The van der Waals surface area contributed by atoms with Crippen LogP contribution >= 0.6 is 0 Å². The van der Waals surface area contributed by atoms with Gasteiger partial charge in [-0.2, -0.15) is 0 Å². The molecule has 1 rings (SSSR count). The Balaban J connectivity index is 2.45. The van der Waals surface area contributed by atoms with Crippen molar-refractivity contribution in [3.63, 3.8) is 0 Å². The smallest absolute Gasteiger partial charge is 0.223 e. The van der Waals surface area contributed by atoms with Crippen molar-refractivity contribution in [2.45, 2.75) is 71.8 Å². The van der Waals surface area contributed by atoms with Crippen LogP contribution in [0.2, 0.25) is 0 Å². The van der Waals surface area contributed by atoms with E-state index in [4.69, 9.17) is 0 Å². The molecule has 1 unspecified atom stereocenters. The highest BCUT2D eigenvalue weighted by atomic mass is 16.2. The SMILES string of the molecule is CCCC1CCC[C@@H]1C(=O)NC(CC)CC. The molecule has 1 amide bonds. The lowest BCUT2D eigenvalue weighted by Crippen LogP contribution is -2.39. The van der Waals surface area contributed by atoms with E-state index in [-0.39, 0.29) is 0 Å². The molecule has 0 heterocycles. The number of rotatable bonds is 6. The molecule has 0 aromatic rings. The van der Waals surface area contributed by atoms with Crippen molar-refractivity contribution in [1.82, 2.24) is 5.32 Å². The highest BCUT2D eigenvalue weighted by Gasteiger charge is 2.32. The molecule has 1 aliphatic carbocycles. The predicted molar refractivity (Wildman–Crippen MR) is 68.3 cm³/mol. The van der Waals surface area contributed by atoms with Gasteiger partial charge in [0.2, 0.25) is 5.91 Å². The summed E-state index contributed by atoms with van der Waals surface area (Å²) in [6.45, 7) is 6.51. The quantitative estimate of drug-likeness (QED) is 0.736. The van der Waals surface area contributed by atoms with Gasteiger partial charge in [0.1, 0.15) is 0 Å². The van der Waals surface area contributed by atoms with Gasteiger partial charge in [0.15, 0.2) is 0 Å². The molecule has 1 N–H and O–H groups in total. The van der Waals surface area contributed by atoms with Gasteiger partial charge in [-0.15, -0.1) is 0 Å². The minimum absolute atomic E-state index is 0.306. The average molecular weight is 225 g/mol. The Morgan fingerprint density at radius 2 is 1.94 bits per heavy atom. The molecule has 0 aliphatic heterocycles. The van der Waals surface area contributed by atoms with E-state index in [1.54, 1.807) is 0 Å². The van der Waals surface area contributed by atoms with Gasteiger partial charge in [-0.3, -0.25) is 4.79 Å². The first-order valence-corrected chi connectivity index (χ1v) is 7.03. The predicted octanol–water partition coefficient (Wildman–Crippen LogP) is 3.51. The second-order valence-electron chi connectivity index (χ2n) is 5.11. The summed E-state index contributed by atoms with van der Waals surface area (Å²) in [7, 11) is 0. The summed E-state index contributed by atoms with van der Waals surface area (Å²) >= 11 is 0. The van der Waals surface area contributed by atoms with Gasteiger partial charge in [-0.05, 0) is 38.0 Å². The van der Waals surface area contributed by atoms with Crippen LogP contribution in [0.3, 0.4) is 0 Å². The first-order chi connectivity index (χ1) is 7.72. The fraction of sp³-hybridized carbons (Fsp3) is 0.929. The fourth-order valence-electron chi connectivity index (χ4n) is 2.90. The summed E-state index contributed by atoms with van der Waals surface area (Å²) in [5.74, 6) is 1.28. The number of carbonyl (C=O) groups excluding carboxylic acids is 1. The van der Waals surface area contributed by atoms with Crippen molar-refractivity contribution < 1.29 is 4.79 Å². The molecule has 0 aromatic carbocycles. The maximum absolute atomic E-state index is 12.1. The minimum Gasteiger partial charge on any atom is -0.353 e. The van der Waals surface area contributed by atoms with Crippen molar-refractivity contribution in [2.24, 2.45) is 11.8 Å². The summed E-state index contributed by atoms with van der Waals surface area (Å²) < 4.78 is 0. The van der Waals surface area contributed by atoms with Crippen LogP contribution in [0.5, 0.6) is 0 Å². The molecule has 1 fully saturated rings. The molecule has 0 bridgehead atoms. The standard InChI is InChI=1S/C14H27NO/c1-4-8-11-9-7-10-13(11)14(16)15-12(5-2)6-3/h11-13H,4-10H2,1-3H3,(H,15,16)/t11?,13-/m0/s1. The fourth-order valence-corrected chi connectivity index (χ4v) is 2.90. The van der Waals surface area contributed by atoms with Crippen LogP contribution in [0.15, 0.2) is 0 Å². The Hall–Kier alpha value is -0.530. The number of carbonyl (C=O) groups is 1. The van der Waals surface area contributed by atoms with Gasteiger partial charge < -0.3 is 5.32 Å². The number of amides is 1. The second kappa shape index (κ2) is 6.93. The highest BCUT2D eigenvalue weighted by Crippen LogP contribution is 2.35. The molecule has 0 radical (unpaired) electrons. The molecular formula is C14H27NO. The maximum atomic E-state index is 12.1. The number of nitrogens with one attached hydrogen (secondary N) is 1. The average Bonchev–Trinajstić information content (AvgIpc) is 2.74. The van der Waals surface area contributed by atoms with Gasteiger partial charge >= 0.3 is 0 Å². The Morgan fingerprint density at radius 1 is 1.25 bits per heavy atom. The largest absolute Gasteiger partial charge is 0.353 e. The first kappa shape index (κ1) is 13.5. The van der Waals surface area contributed by atoms with Gasteiger partial charge in [0.05, 0.1) is 0 Å². The van der Waals surface area contributed by atoms with Crippen molar-refractivity contribution >= 4 is 5.91 Å². The summed E-state index contributed by atoms with van der Waals surface area (Å²) in [5.41, 5.74) is 0. The molecule has 1 aliphatic rings. The summed E-state index contributed by atoms with van der Waals surface area (Å²) in [4.78, 5) is 12.1. The van der Waals surface area contributed by atoms with Crippen LogP contribution in [0, 0.1) is 11.8 Å². The molecule has 94 valence electrons. The first-order valence-electron chi connectivity index (χ1n) is 7.03. The zero-order valence-corrected chi connectivity index (χ0v) is 11.1. The van der Waals surface area contributed by atoms with Crippen LogP contribution in [0.4, 0.5) is 0 Å². The van der Waals surface area contributed by atoms with Crippen LogP contribution in [-0.2, 0) is 4.79 Å². The molecule has 2 nitrogen and oxygen atoms in total. The third kappa shape index (κ3) is 3.50. The second-order valence-corrected chi connectivity index (χ2v) is 5.11. The molecule has 2 heteroatoms. The monoisotopic (exact) mass is 225 g/mol. The molecule has 16 heavy (non-hydrogen) atoms.